The zero-order chi connectivity index (χ0) is 13.0. The summed E-state index contributed by atoms with van der Waals surface area (Å²) in [6.07, 6.45) is 1.06. The van der Waals surface area contributed by atoms with Crippen LogP contribution in [0, 0.1) is 0 Å². The zero-order valence-corrected chi connectivity index (χ0v) is 11.4. The van der Waals surface area contributed by atoms with Crippen LogP contribution in [0.1, 0.15) is 19.2 Å². The van der Waals surface area contributed by atoms with Crippen molar-refractivity contribution < 1.29 is 4.52 Å². The second-order valence-electron chi connectivity index (χ2n) is 3.85. The van der Waals surface area contributed by atoms with E-state index in [9.17, 15) is 0 Å². The molecule has 18 heavy (non-hydrogen) atoms. The molecule has 0 bridgehead atoms. The summed E-state index contributed by atoms with van der Waals surface area (Å²) < 4.78 is 5.14. The third-order valence-corrected chi connectivity index (χ3v) is 2.73. The maximum Gasteiger partial charge on any atom is 0.240 e. The molecule has 0 spiro atoms. The molecule has 4 nitrogen and oxygen atoms in total. The molecule has 0 fully saturated rings. The molecule has 96 valence electrons. The normalized spacial score (nSPS) is 10.8. The Kier molecular flexibility index (Phi) is 4.58. The topological polar surface area (TPSA) is 51.0 Å². The first-order valence-corrected chi connectivity index (χ1v) is 6.44. The van der Waals surface area contributed by atoms with Crippen LogP contribution in [-0.2, 0) is 6.54 Å². The molecular weight excluding hydrogens is 273 g/mol. The highest BCUT2D eigenvalue weighted by molar-refractivity contribution is 6.35. The van der Waals surface area contributed by atoms with Crippen molar-refractivity contribution in [1.29, 1.82) is 0 Å². The average Bonchev–Trinajstić information content (AvgIpc) is 2.77. The van der Waals surface area contributed by atoms with Gasteiger partial charge in [0, 0.05) is 15.6 Å². The maximum absolute atomic E-state index is 5.93. The van der Waals surface area contributed by atoms with Crippen LogP contribution in [0.3, 0.4) is 0 Å². The SMILES string of the molecule is CCCNCc1nc(-c2cc(Cl)cc(Cl)c2)no1. The number of benzene rings is 1. The van der Waals surface area contributed by atoms with Gasteiger partial charge in [-0.25, -0.2) is 0 Å². The first kappa shape index (κ1) is 13.3. The van der Waals surface area contributed by atoms with Gasteiger partial charge in [0.25, 0.3) is 0 Å². The lowest BCUT2D eigenvalue weighted by Gasteiger charge is -1.97. The zero-order valence-electron chi connectivity index (χ0n) is 9.91. The van der Waals surface area contributed by atoms with Gasteiger partial charge in [0.15, 0.2) is 0 Å². The molecule has 6 heteroatoms. The number of nitrogens with one attached hydrogen (secondary N) is 1. The Morgan fingerprint density at radius 2 is 1.94 bits per heavy atom. The molecule has 1 aromatic heterocycles. The minimum absolute atomic E-state index is 0.493. The number of nitrogens with zero attached hydrogens (tertiary/aromatic N) is 2. The highest BCUT2D eigenvalue weighted by Crippen LogP contribution is 2.25. The number of halogens is 2. The van der Waals surface area contributed by atoms with Crippen LogP contribution in [0.4, 0.5) is 0 Å². The molecule has 1 aromatic carbocycles. The van der Waals surface area contributed by atoms with Gasteiger partial charge in [0.2, 0.25) is 11.7 Å². The minimum atomic E-state index is 0.493. The first-order valence-electron chi connectivity index (χ1n) is 5.69. The molecule has 0 aliphatic heterocycles. The van der Waals surface area contributed by atoms with Crippen LogP contribution in [0.2, 0.25) is 10.0 Å². The quantitative estimate of drug-likeness (QED) is 0.854. The second kappa shape index (κ2) is 6.18. The van der Waals surface area contributed by atoms with Gasteiger partial charge < -0.3 is 9.84 Å². The molecule has 0 saturated carbocycles. The standard InChI is InChI=1S/C12H13Cl2N3O/c1-2-3-15-7-11-16-12(17-18-11)8-4-9(13)6-10(14)5-8/h4-6,15H,2-3,7H2,1H3. The molecule has 2 aromatic rings. The Morgan fingerprint density at radius 1 is 1.22 bits per heavy atom. The van der Waals surface area contributed by atoms with Gasteiger partial charge in [-0.05, 0) is 31.2 Å². The van der Waals surface area contributed by atoms with Crippen LogP contribution in [0.15, 0.2) is 22.7 Å². The Bertz CT molecular complexity index is 508. The maximum atomic E-state index is 5.93. The van der Waals surface area contributed by atoms with E-state index in [1.54, 1.807) is 18.2 Å². The summed E-state index contributed by atoms with van der Waals surface area (Å²) in [4.78, 5) is 4.28. The molecule has 0 aliphatic rings. The molecule has 0 saturated heterocycles. The third-order valence-electron chi connectivity index (χ3n) is 2.29. The van der Waals surface area contributed by atoms with E-state index >= 15 is 0 Å². The van der Waals surface area contributed by atoms with Crippen LogP contribution in [0.5, 0.6) is 0 Å². The molecule has 1 N–H and O–H groups in total. The molecule has 2 rings (SSSR count). The van der Waals surface area contributed by atoms with Crippen LogP contribution >= 0.6 is 23.2 Å². The van der Waals surface area contributed by atoms with E-state index in [1.807, 2.05) is 0 Å². The molecule has 0 radical (unpaired) electrons. The fourth-order valence-electron chi connectivity index (χ4n) is 1.50. The summed E-state index contributed by atoms with van der Waals surface area (Å²) in [5.74, 6) is 1.04. The highest BCUT2D eigenvalue weighted by atomic mass is 35.5. The number of hydrogen-bond acceptors (Lipinski definition) is 4. The second-order valence-corrected chi connectivity index (χ2v) is 4.72. The number of rotatable bonds is 5. The van der Waals surface area contributed by atoms with Gasteiger partial charge in [-0.2, -0.15) is 4.98 Å². The average molecular weight is 286 g/mol. The first-order chi connectivity index (χ1) is 8.69. The smallest absolute Gasteiger partial charge is 0.240 e. The van der Waals surface area contributed by atoms with Gasteiger partial charge in [-0.3, -0.25) is 0 Å². The molecule has 0 unspecified atom stereocenters. The number of aromatic nitrogens is 2. The molecular formula is C12H13Cl2N3O. The lowest BCUT2D eigenvalue weighted by molar-refractivity contribution is 0.368. The summed E-state index contributed by atoms with van der Waals surface area (Å²) >= 11 is 11.9. The van der Waals surface area contributed by atoms with E-state index < -0.39 is 0 Å². The Balaban J connectivity index is 2.13. The van der Waals surface area contributed by atoms with E-state index in [0.29, 0.717) is 28.3 Å². The lowest BCUT2D eigenvalue weighted by atomic mass is 10.2. The van der Waals surface area contributed by atoms with Crippen molar-refractivity contribution in [2.45, 2.75) is 19.9 Å². The van der Waals surface area contributed by atoms with Gasteiger partial charge >= 0.3 is 0 Å². The minimum Gasteiger partial charge on any atom is -0.338 e. The van der Waals surface area contributed by atoms with Gasteiger partial charge in [0.1, 0.15) is 0 Å². The predicted molar refractivity (Wildman–Crippen MR) is 71.8 cm³/mol. The molecule has 0 aliphatic carbocycles. The summed E-state index contributed by atoms with van der Waals surface area (Å²) in [5.41, 5.74) is 0.748. The summed E-state index contributed by atoms with van der Waals surface area (Å²) in [6.45, 7) is 3.58. The monoisotopic (exact) mass is 285 g/mol. The number of hydrogen-bond donors (Lipinski definition) is 1. The van der Waals surface area contributed by atoms with E-state index in [2.05, 4.69) is 22.4 Å². The van der Waals surface area contributed by atoms with Gasteiger partial charge in [-0.1, -0.05) is 35.3 Å². The Labute approximate surface area is 115 Å². The van der Waals surface area contributed by atoms with Crippen molar-refractivity contribution in [3.05, 3.63) is 34.1 Å². The molecule has 0 amide bonds. The lowest BCUT2D eigenvalue weighted by Crippen LogP contribution is -2.13. The van der Waals surface area contributed by atoms with Crippen LogP contribution in [0.25, 0.3) is 11.4 Å². The van der Waals surface area contributed by atoms with Crippen LogP contribution in [-0.4, -0.2) is 16.7 Å². The van der Waals surface area contributed by atoms with Crippen molar-refractivity contribution in [2.75, 3.05) is 6.54 Å². The predicted octanol–water partition coefficient (Wildman–Crippen LogP) is 3.54. The summed E-state index contributed by atoms with van der Waals surface area (Å²) in [7, 11) is 0. The fourth-order valence-corrected chi connectivity index (χ4v) is 2.02. The van der Waals surface area contributed by atoms with E-state index in [1.165, 1.54) is 0 Å². The van der Waals surface area contributed by atoms with Gasteiger partial charge in [0.05, 0.1) is 6.54 Å². The van der Waals surface area contributed by atoms with Crippen molar-refractivity contribution >= 4 is 23.2 Å². The van der Waals surface area contributed by atoms with E-state index in [0.717, 1.165) is 18.5 Å². The highest BCUT2D eigenvalue weighted by Gasteiger charge is 2.09. The van der Waals surface area contributed by atoms with Crippen LogP contribution < -0.4 is 5.32 Å². The Morgan fingerprint density at radius 3 is 2.61 bits per heavy atom. The van der Waals surface area contributed by atoms with E-state index in [4.69, 9.17) is 27.7 Å². The Hall–Kier alpha value is -1.10. The third kappa shape index (κ3) is 3.45. The molecule has 0 atom stereocenters. The van der Waals surface area contributed by atoms with Crippen molar-refractivity contribution in [2.24, 2.45) is 0 Å². The van der Waals surface area contributed by atoms with Crippen molar-refractivity contribution in [3.8, 4) is 11.4 Å². The van der Waals surface area contributed by atoms with E-state index in [-0.39, 0.29) is 0 Å². The van der Waals surface area contributed by atoms with Gasteiger partial charge in [-0.15, -0.1) is 0 Å². The molecule has 1 heterocycles. The van der Waals surface area contributed by atoms with Crippen molar-refractivity contribution in [1.82, 2.24) is 15.5 Å². The summed E-state index contributed by atoms with van der Waals surface area (Å²) in [5, 5.41) is 8.19. The fraction of sp³-hybridized carbons (Fsp3) is 0.333. The summed E-state index contributed by atoms with van der Waals surface area (Å²) in [6, 6.07) is 5.17. The van der Waals surface area contributed by atoms with Crippen molar-refractivity contribution in [3.63, 3.8) is 0 Å². The largest absolute Gasteiger partial charge is 0.338 e.